The lowest BCUT2D eigenvalue weighted by atomic mass is 10.2. The lowest BCUT2D eigenvalue weighted by molar-refractivity contribution is 0.414. The van der Waals surface area contributed by atoms with Gasteiger partial charge in [0.2, 0.25) is 0 Å². The molecular formula is C16H12ClFN2O2S. The van der Waals surface area contributed by atoms with Crippen molar-refractivity contribution in [1.29, 1.82) is 0 Å². The van der Waals surface area contributed by atoms with Gasteiger partial charge in [-0.2, -0.15) is 4.98 Å². The summed E-state index contributed by atoms with van der Waals surface area (Å²) in [4.78, 5) is 5.18. The first-order chi connectivity index (χ1) is 11.2. The van der Waals surface area contributed by atoms with Crippen LogP contribution >= 0.6 is 23.4 Å². The van der Waals surface area contributed by atoms with Crippen molar-refractivity contribution in [1.82, 2.24) is 10.1 Å². The largest absolute Gasteiger partial charge is 0.497 e. The number of benzene rings is 2. The molecule has 0 atom stereocenters. The molecule has 3 aromatic rings. The van der Waals surface area contributed by atoms with Crippen molar-refractivity contribution in [2.75, 3.05) is 7.11 Å². The zero-order valence-corrected chi connectivity index (χ0v) is 13.7. The van der Waals surface area contributed by atoms with Crippen LogP contribution in [0.5, 0.6) is 5.75 Å². The molecule has 0 saturated heterocycles. The molecule has 2 aromatic carbocycles. The van der Waals surface area contributed by atoms with Gasteiger partial charge in [-0.25, -0.2) is 4.39 Å². The molecule has 0 N–H and O–H groups in total. The first-order valence-electron chi connectivity index (χ1n) is 6.70. The summed E-state index contributed by atoms with van der Waals surface area (Å²) in [7, 11) is 1.61. The van der Waals surface area contributed by atoms with E-state index in [2.05, 4.69) is 10.1 Å². The maximum atomic E-state index is 13.1. The van der Waals surface area contributed by atoms with Crippen LogP contribution in [0, 0.1) is 5.82 Å². The van der Waals surface area contributed by atoms with Crippen molar-refractivity contribution in [3.63, 3.8) is 0 Å². The van der Waals surface area contributed by atoms with Crippen molar-refractivity contribution < 1.29 is 13.7 Å². The van der Waals surface area contributed by atoms with Gasteiger partial charge in [-0.1, -0.05) is 16.8 Å². The molecule has 23 heavy (non-hydrogen) atoms. The highest BCUT2D eigenvalue weighted by Gasteiger charge is 2.10. The number of hydrogen-bond acceptors (Lipinski definition) is 5. The highest BCUT2D eigenvalue weighted by Crippen LogP contribution is 2.27. The number of halogens is 2. The summed E-state index contributed by atoms with van der Waals surface area (Å²) in [5.41, 5.74) is 0.819. The lowest BCUT2D eigenvalue weighted by Gasteiger charge is -2.00. The molecule has 0 aliphatic carbocycles. The van der Waals surface area contributed by atoms with Crippen LogP contribution in [0.3, 0.4) is 0 Å². The Labute approximate surface area is 141 Å². The second-order valence-electron chi connectivity index (χ2n) is 4.61. The first kappa shape index (κ1) is 15.8. The Hall–Kier alpha value is -2.05. The smallest absolute Gasteiger partial charge is 0.257 e. The van der Waals surface area contributed by atoms with Crippen molar-refractivity contribution in [2.45, 2.75) is 10.6 Å². The fraction of sp³-hybridized carbons (Fsp3) is 0.125. The predicted octanol–water partition coefficient (Wildman–Crippen LogP) is 4.83. The first-order valence-corrected chi connectivity index (χ1v) is 8.07. The minimum atomic E-state index is -0.433. The molecule has 118 valence electrons. The number of thioether (sulfide) groups is 1. The summed E-state index contributed by atoms with van der Waals surface area (Å²) in [5, 5.41) is 4.04. The summed E-state index contributed by atoms with van der Waals surface area (Å²) >= 11 is 7.21. The van der Waals surface area contributed by atoms with E-state index in [1.165, 1.54) is 17.8 Å². The number of hydrogen-bond donors (Lipinski definition) is 0. The Morgan fingerprint density at radius 1 is 1.22 bits per heavy atom. The van der Waals surface area contributed by atoms with Crippen LogP contribution in [0.1, 0.15) is 5.82 Å². The summed E-state index contributed by atoms with van der Waals surface area (Å²) in [6.45, 7) is 0. The van der Waals surface area contributed by atoms with Crippen LogP contribution in [0.15, 0.2) is 51.9 Å². The van der Waals surface area contributed by atoms with Gasteiger partial charge in [0.15, 0.2) is 5.82 Å². The van der Waals surface area contributed by atoms with E-state index in [-0.39, 0.29) is 5.02 Å². The molecule has 0 aliphatic rings. The van der Waals surface area contributed by atoms with Crippen molar-refractivity contribution in [3.8, 4) is 17.2 Å². The van der Waals surface area contributed by atoms with E-state index in [1.54, 1.807) is 19.2 Å². The molecule has 0 amide bonds. The van der Waals surface area contributed by atoms with E-state index in [4.69, 9.17) is 20.9 Å². The van der Waals surface area contributed by atoms with Gasteiger partial charge >= 0.3 is 0 Å². The topological polar surface area (TPSA) is 48.2 Å². The molecule has 3 rings (SSSR count). The van der Waals surface area contributed by atoms with Gasteiger partial charge in [-0.05, 0) is 42.5 Å². The van der Waals surface area contributed by atoms with Crippen molar-refractivity contribution in [2.24, 2.45) is 0 Å². The molecule has 0 radical (unpaired) electrons. The number of nitrogens with zero attached hydrogens (tertiary/aromatic N) is 2. The van der Waals surface area contributed by atoms with Crippen molar-refractivity contribution in [3.05, 3.63) is 59.1 Å². The zero-order chi connectivity index (χ0) is 16.2. The molecule has 0 aliphatic heterocycles. The molecule has 0 saturated carbocycles. The molecule has 0 unspecified atom stereocenters. The average molecular weight is 351 g/mol. The monoisotopic (exact) mass is 350 g/mol. The summed E-state index contributed by atoms with van der Waals surface area (Å²) in [5.74, 6) is 1.83. The zero-order valence-electron chi connectivity index (χ0n) is 12.1. The summed E-state index contributed by atoms with van der Waals surface area (Å²) < 4.78 is 23.5. The lowest BCUT2D eigenvalue weighted by Crippen LogP contribution is -1.86. The fourth-order valence-electron chi connectivity index (χ4n) is 1.88. The third-order valence-electron chi connectivity index (χ3n) is 3.06. The van der Waals surface area contributed by atoms with Crippen LogP contribution < -0.4 is 4.74 Å². The molecule has 4 nitrogen and oxygen atoms in total. The average Bonchev–Trinajstić information content (AvgIpc) is 3.05. The van der Waals surface area contributed by atoms with E-state index in [1.807, 2.05) is 24.3 Å². The van der Waals surface area contributed by atoms with Gasteiger partial charge in [0, 0.05) is 10.5 Å². The number of methoxy groups -OCH3 is 1. The molecular weight excluding hydrogens is 339 g/mol. The van der Waals surface area contributed by atoms with Gasteiger partial charge < -0.3 is 9.26 Å². The highest BCUT2D eigenvalue weighted by molar-refractivity contribution is 7.98. The molecule has 1 aromatic heterocycles. The summed E-state index contributed by atoms with van der Waals surface area (Å²) in [6.07, 6.45) is 0. The second kappa shape index (κ2) is 7.02. The van der Waals surface area contributed by atoms with Gasteiger partial charge in [0.25, 0.3) is 5.89 Å². The van der Waals surface area contributed by atoms with Gasteiger partial charge in [-0.15, -0.1) is 11.8 Å². The quantitative estimate of drug-likeness (QED) is 0.617. The normalized spacial score (nSPS) is 10.7. The Bertz CT molecular complexity index is 808. The standard InChI is InChI=1S/C16H12ClFN2O2S/c1-21-11-4-2-10(3-5-11)16-19-15(20-22-16)9-23-12-6-7-14(18)13(17)8-12/h2-8H,9H2,1H3. The van der Waals surface area contributed by atoms with E-state index < -0.39 is 5.82 Å². The van der Waals surface area contributed by atoms with Crippen LogP contribution in [0.4, 0.5) is 4.39 Å². The van der Waals surface area contributed by atoms with E-state index >= 15 is 0 Å². The van der Waals surface area contributed by atoms with E-state index in [0.717, 1.165) is 16.2 Å². The Kier molecular flexibility index (Phi) is 4.83. The molecule has 0 spiro atoms. The highest BCUT2D eigenvalue weighted by atomic mass is 35.5. The number of aromatic nitrogens is 2. The van der Waals surface area contributed by atoms with Crippen LogP contribution in [0.25, 0.3) is 11.5 Å². The molecule has 7 heteroatoms. The van der Waals surface area contributed by atoms with Crippen molar-refractivity contribution >= 4 is 23.4 Å². The van der Waals surface area contributed by atoms with Gasteiger partial charge in [0.05, 0.1) is 17.9 Å². The maximum Gasteiger partial charge on any atom is 0.257 e. The van der Waals surface area contributed by atoms with Crippen LogP contribution in [-0.4, -0.2) is 17.3 Å². The molecule has 0 fully saturated rings. The Balaban J connectivity index is 1.67. The second-order valence-corrected chi connectivity index (χ2v) is 6.06. The predicted molar refractivity (Wildman–Crippen MR) is 87.3 cm³/mol. The maximum absolute atomic E-state index is 13.1. The van der Waals surface area contributed by atoms with E-state index in [9.17, 15) is 4.39 Å². The minimum Gasteiger partial charge on any atom is -0.497 e. The number of rotatable bonds is 5. The molecule has 1 heterocycles. The Morgan fingerprint density at radius 3 is 2.70 bits per heavy atom. The fourth-order valence-corrected chi connectivity index (χ4v) is 2.90. The SMILES string of the molecule is COc1ccc(-c2nc(CSc3ccc(F)c(Cl)c3)no2)cc1. The minimum absolute atomic E-state index is 0.0991. The Morgan fingerprint density at radius 2 is 2.00 bits per heavy atom. The third-order valence-corrected chi connectivity index (χ3v) is 4.34. The van der Waals surface area contributed by atoms with E-state index in [0.29, 0.717) is 17.5 Å². The third kappa shape index (κ3) is 3.83. The van der Waals surface area contributed by atoms with Crippen LogP contribution in [0.2, 0.25) is 5.02 Å². The van der Waals surface area contributed by atoms with Crippen LogP contribution in [-0.2, 0) is 5.75 Å². The van der Waals surface area contributed by atoms with Gasteiger partial charge in [0.1, 0.15) is 11.6 Å². The number of ether oxygens (including phenoxy) is 1. The summed E-state index contributed by atoms with van der Waals surface area (Å²) in [6, 6.07) is 11.9. The molecule has 0 bridgehead atoms. The van der Waals surface area contributed by atoms with Gasteiger partial charge in [-0.3, -0.25) is 0 Å².